The zero-order chi connectivity index (χ0) is 31.8. The van der Waals surface area contributed by atoms with E-state index in [4.69, 9.17) is 26.1 Å². The fraction of sp³-hybridized carbons (Fsp3) is 0.500. The van der Waals surface area contributed by atoms with E-state index in [2.05, 4.69) is 27.0 Å². The minimum atomic E-state index is -0.553. The van der Waals surface area contributed by atoms with Crippen molar-refractivity contribution in [2.24, 2.45) is 0 Å². The summed E-state index contributed by atoms with van der Waals surface area (Å²) in [6.07, 6.45) is 5.93. The molecule has 46 heavy (non-hydrogen) atoms. The summed E-state index contributed by atoms with van der Waals surface area (Å²) in [6.45, 7) is 9.51. The minimum absolute atomic E-state index is 0.157. The van der Waals surface area contributed by atoms with E-state index >= 15 is 4.39 Å². The molecule has 3 atom stereocenters. The van der Waals surface area contributed by atoms with E-state index in [-0.39, 0.29) is 34.0 Å². The minimum Gasteiger partial charge on any atom is -0.463 e. The van der Waals surface area contributed by atoms with Crippen molar-refractivity contribution in [2.75, 3.05) is 50.8 Å². The number of nitrogens with one attached hydrogen (secondary N) is 1. The largest absolute Gasteiger partial charge is 0.463 e. The third-order valence-electron chi connectivity index (χ3n) is 9.76. The van der Waals surface area contributed by atoms with Crippen LogP contribution in [0.4, 0.5) is 14.6 Å². The molecule has 0 saturated carbocycles. The third kappa shape index (κ3) is 6.15. The van der Waals surface area contributed by atoms with E-state index < -0.39 is 5.82 Å². The SMILES string of the molecule is CCCC1CN(CCCOc2nc(N3CC4CCC(C3)N4)c3cc(Cl)c(-c4cccc5ccc(F)c(CC)c45)c(F)c3n2)CCO1. The average Bonchev–Trinajstić information content (AvgIpc) is 3.40. The molecule has 0 aliphatic carbocycles. The Hall–Kier alpha value is -3.11. The molecule has 3 saturated heterocycles. The first kappa shape index (κ1) is 31.5. The van der Waals surface area contributed by atoms with Gasteiger partial charge in [0.15, 0.2) is 5.82 Å². The van der Waals surface area contributed by atoms with Gasteiger partial charge >= 0.3 is 6.01 Å². The Morgan fingerprint density at radius 1 is 1.07 bits per heavy atom. The normalized spacial score (nSPS) is 21.8. The van der Waals surface area contributed by atoms with Gasteiger partial charge in [-0.25, -0.2) is 8.78 Å². The van der Waals surface area contributed by atoms with Crippen LogP contribution < -0.4 is 15.0 Å². The van der Waals surface area contributed by atoms with Crippen LogP contribution in [0.3, 0.4) is 0 Å². The van der Waals surface area contributed by atoms with Crippen molar-refractivity contribution in [2.45, 2.75) is 70.6 Å². The van der Waals surface area contributed by atoms with Crippen molar-refractivity contribution >= 4 is 39.1 Å². The monoisotopic (exact) mass is 649 g/mol. The van der Waals surface area contributed by atoms with Gasteiger partial charge in [-0.1, -0.05) is 56.1 Å². The summed E-state index contributed by atoms with van der Waals surface area (Å²) in [4.78, 5) is 14.2. The Morgan fingerprint density at radius 3 is 2.67 bits per heavy atom. The van der Waals surface area contributed by atoms with Gasteiger partial charge in [-0.05, 0) is 66.1 Å². The second-order valence-corrected chi connectivity index (χ2v) is 13.3. The smallest absolute Gasteiger partial charge is 0.319 e. The highest BCUT2D eigenvalue weighted by Crippen LogP contribution is 2.42. The van der Waals surface area contributed by atoms with E-state index in [0.29, 0.717) is 52.8 Å². The lowest BCUT2D eigenvalue weighted by Crippen LogP contribution is -2.51. The number of fused-ring (bicyclic) bond motifs is 4. The molecule has 3 fully saturated rings. The number of nitrogens with zero attached hydrogens (tertiary/aromatic N) is 4. The van der Waals surface area contributed by atoms with Crippen molar-refractivity contribution in [1.29, 1.82) is 0 Å². The molecule has 3 aliphatic rings. The molecule has 7 nitrogen and oxygen atoms in total. The number of aromatic nitrogens is 2. The van der Waals surface area contributed by atoms with Gasteiger partial charge in [-0.3, -0.25) is 4.90 Å². The predicted octanol–water partition coefficient (Wildman–Crippen LogP) is 7.15. The Bertz CT molecular complexity index is 1720. The number of morpholine rings is 1. The third-order valence-corrected chi connectivity index (χ3v) is 10.1. The van der Waals surface area contributed by atoms with Crippen molar-refractivity contribution in [3.8, 4) is 17.1 Å². The number of hydrogen-bond donors (Lipinski definition) is 1. The van der Waals surface area contributed by atoms with Gasteiger partial charge in [-0.2, -0.15) is 9.97 Å². The van der Waals surface area contributed by atoms with Crippen LogP contribution in [-0.4, -0.2) is 79.0 Å². The summed E-state index contributed by atoms with van der Waals surface area (Å²) in [6, 6.07) is 11.4. The zero-order valence-electron chi connectivity index (χ0n) is 26.6. The maximum absolute atomic E-state index is 16.9. The number of ether oxygens (including phenoxy) is 2. The van der Waals surface area contributed by atoms with E-state index in [0.717, 1.165) is 76.8 Å². The summed E-state index contributed by atoms with van der Waals surface area (Å²) in [5.74, 6) is -0.228. The molecule has 7 rings (SSSR count). The molecule has 4 heterocycles. The van der Waals surface area contributed by atoms with Crippen molar-refractivity contribution in [3.63, 3.8) is 0 Å². The molecule has 0 spiro atoms. The van der Waals surface area contributed by atoms with Gasteiger partial charge in [0, 0.05) is 55.8 Å². The van der Waals surface area contributed by atoms with Crippen LogP contribution in [0.15, 0.2) is 36.4 Å². The van der Waals surface area contributed by atoms with Crippen LogP contribution >= 0.6 is 11.6 Å². The summed E-state index contributed by atoms with van der Waals surface area (Å²) in [5, 5.41) is 5.95. The standard InChI is InChI=1S/C36H42ClF2N5O2/c1-3-7-25-21-43(15-17-45-25)14-6-16-46-36-41-34-28(35(42-36)44-19-23-11-12-24(20-44)40-23)18-29(37)32(33(34)39)27-9-5-8-22-10-13-30(38)26(4-2)31(22)27/h5,8-10,13,18,23-25,40H,3-4,6-7,11-12,14-17,19-21H2,1-2H3. The molecule has 2 bridgehead atoms. The van der Waals surface area contributed by atoms with E-state index in [1.807, 2.05) is 19.1 Å². The molecule has 0 amide bonds. The Kier molecular flexibility index (Phi) is 9.28. The first-order valence-corrected chi connectivity index (χ1v) is 17.2. The molecule has 1 N–H and O–H groups in total. The molecule has 4 aromatic rings. The highest BCUT2D eigenvalue weighted by Gasteiger charge is 2.34. The quantitative estimate of drug-likeness (QED) is 0.183. The molecule has 10 heteroatoms. The predicted molar refractivity (Wildman–Crippen MR) is 180 cm³/mol. The lowest BCUT2D eigenvalue weighted by atomic mass is 9.92. The molecule has 244 valence electrons. The van der Waals surface area contributed by atoms with Gasteiger partial charge in [0.1, 0.15) is 17.2 Å². The van der Waals surface area contributed by atoms with E-state index in [9.17, 15) is 4.39 Å². The summed E-state index contributed by atoms with van der Waals surface area (Å²) >= 11 is 6.94. The number of hydrogen-bond acceptors (Lipinski definition) is 7. The van der Waals surface area contributed by atoms with Crippen molar-refractivity contribution < 1.29 is 18.3 Å². The Labute approximate surface area is 274 Å². The highest BCUT2D eigenvalue weighted by molar-refractivity contribution is 6.35. The lowest BCUT2D eigenvalue weighted by Gasteiger charge is -2.34. The fourth-order valence-corrected chi connectivity index (χ4v) is 7.89. The number of aryl methyl sites for hydroxylation is 1. The van der Waals surface area contributed by atoms with Gasteiger partial charge in [0.05, 0.1) is 24.3 Å². The van der Waals surface area contributed by atoms with Crippen LogP contribution in [-0.2, 0) is 11.2 Å². The zero-order valence-corrected chi connectivity index (χ0v) is 27.4. The van der Waals surface area contributed by atoms with Gasteiger partial charge < -0.3 is 19.7 Å². The number of benzene rings is 3. The maximum Gasteiger partial charge on any atom is 0.319 e. The number of rotatable bonds is 10. The molecule has 1 aromatic heterocycles. The van der Waals surface area contributed by atoms with Crippen LogP contribution in [0.25, 0.3) is 32.8 Å². The van der Waals surface area contributed by atoms with E-state index in [1.165, 1.54) is 6.07 Å². The average molecular weight is 650 g/mol. The Balaban J connectivity index is 1.25. The Morgan fingerprint density at radius 2 is 1.89 bits per heavy atom. The second kappa shape index (κ2) is 13.6. The van der Waals surface area contributed by atoms with Crippen molar-refractivity contribution in [1.82, 2.24) is 20.2 Å². The molecular weight excluding hydrogens is 608 g/mol. The topological polar surface area (TPSA) is 62.8 Å². The molecule has 3 aromatic carbocycles. The fourth-order valence-electron chi connectivity index (χ4n) is 7.60. The van der Waals surface area contributed by atoms with Crippen LogP contribution in [0.1, 0.15) is 51.5 Å². The van der Waals surface area contributed by atoms with Gasteiger partial charge in [-0.15, -0.1) is 0 Å². The van der Waals surface area contributed by atoms with Crippen LogP contribution in [0, 0.1) is 11.6 Å². The van der Waals surface area contributed by atoms with Gasteiger partial charge in [0.25, 0.3) is 0 Å². The second-order valence-electron chi connectivity index (χ2n) is 12.9. The van der Waals surface area contributed by atoms with Crippen LogP contribution in [0.5, 0.6) is 6.01 Å². The van der Waals surface area contributed by atoms with Crippen molar-refractivity contribution in [3.05, 3.63) is 58.6 Å². The molecule has 3 unspecified atom stereocenters. The summed E-state index contributed by atoms with van der Waals surface area (Å²) in [5.41, 5.74) is 1.46. The molecule has 3 aliphatic heterocycles. The first-order valence-electron chi connectivity index (χ1n) is 16.8. The molecule has 0 radical (unpaired) electrons. The summed E-state index contributed by atoms with van der Waals surface area (Å²) < 4.78 is 44.0. The van der Waals surface area contributed by atoms with Crippen LogP contribution in [0.2, 0.25) is 5.02 Å². The van der Waals surface area contributed by atoms with Gasteiger partial charge in [0.2, 0.25) is 0 Å². The van der Waals surface area contributed by atoms with E-state index in [1.54, 1.807) is 18.2 Å². The number of halogens is 3. The maximum atomic E-state index is 16.9. The highest BCUT2D eigenvalue weighted by atomic mass is 35.5. The lowest BCUT2D eigenvalue weighted by molar-refractivity contribution is -0.0332. The number of piperazine rings is 1. The first-order chi connectivity index (χ1) is 22.4. The molecular formula is C36H42ClF2N5O2. The number of anilines is 1. The summed E-state index contributed by atoms with van der Waals surface area (Å²) in [7, 11) is 0.